The van der Waals surface area contributed by atoms with E-state index in [2.05, 4.69) is 11.8 Å². The Kier molecular flexibility index (Phi) is 19.6. The van der Waals surface area contributed by atoms with Crippen molar-refractivity contribution < 1.29 is 9.63 Å². The van der Waals surface area contributed by atoms with Gasteiger partial charge in [-0.2, -0.15) is 5.90 Å². The van der Waals surface area contributed by atoms with Gasteiger partial charge in [-0.15, -0.1) is 12.4 Å². The van der Waals surface area contributed by atoms with E-state index in [0.29, 0.717) is 6.42 Å². The zero-order valence-corrected chi connectivity index (χ0v) is 13.3. The maximum absolute atomic E-state index is 10.7. The van der Waals surface area contributed by atoms with Gasteiger partial charge in [0.15, 0.2) is 0 Å². The first kappa shape index (κ1) is 21.0. The summed E-state index contributed by atoms with van der Waals surface area (Å²) in [6.07, 6.45) is 16.1. The second-order valence-electron chi connectivity index (χ2n) is 5.13. The third-order valence-corrected chi connectivity index (χ3v) is 3.37. The lowest BCUT2D eigenvalue weighted by Crippen LogP contribution is -2.08. The molecule has 0 aromatic rings. The van der Waals surface area contributed by atoms with Crippen LogP contribution in [0.15, 0.2) is 0 Å². The average molecular weight is 294 g/mol. The van der Waals surface area contributed by atoms with Crippen LogP contribution in [0, 0.1) is 0 Å². The molecule has 0 radical (unpaired) electrons. The van der Waals surface area contributed by atoms with Gasteiger partial charge >= 0.3 is 5.97 Å². The van der Waals surface area contributed by atoms with E-state index < -0.39 is 0 Å². The topological polar surface area (TPSA) is 52.3 Å². The fraction of sp³-hybridized carbons (Fsp3) is 0.933. The molecule has 0 heterocycles. The largest absolute Gasteiger partial charge is 0.373 e. The van der Waals surface area contributed by atoms with Gasteiger partial charge in [0.25, 0.3) is 0 Å². The van der Waals surface area contributed by atoms with Crippen LogP contribution in [0.3, 0.4) is 0 Å². The lowest BCUT2D eigenvalue weighted by Gasteiger charge is -2.02. The summed E-state index contributed by atoms with van der Waals surface area (Å²) in [5.74, 6) is 4.47. The van der Waals surface area contributed by atoms with Gasteiger partial charge in [-0.3, -0.25) is 4.79 Å². The maximum atomic E-state index is 10.7. The van der Waals surface area contributed by atoms with Crippen molar-refractivity contribution in [2.45, 2.75) is 90.4 Å². The van der Waals surface area contributed by atoms with E-state index >= 15 is 0 Å². The first-order chi connectivity index (χ1) is 8.81. The molecule has 19 heavy (non-hydrogen) atoms. The van der Waals surface area contributed by atoms with Crippen molar-refractivity contribution >= 4 is 18.4 Å². The molecule has 4 heteroatoms. The first-order valence-electron chi connectivity index (χ1n) is 7.70. The van der Waals surface area contributed by atoms with Crippen molar-refractivity contribution in [3.8, 4) is 0 Å². The van der Waals surface area contributed by atoms with Crippen LogP contribution in [-0.4, -0.2) is 5.97 Å². The molecule has 116 valence electrons. The van der Waals surface area contributed by atoms with Crippen LogP contribution in [0.1, 0.15) is 90.4 Å². The predicted molar refractivity (Wildman–Crippen MR) is 83.2 cm³/mol. The summed E-state index contributed by atoms with van der Waals surface area (Å²) in [5.41, 5.74) is 0. The van der Waals surface area contributed by atoms with E-state index in [1.54, 1.807) is 0 Å². The van der Waals surface area contributed by atoms with Crippen LogP contribution in [0.4, 0.5) is 0 Å². The van der Waals surface area contributed by atoms with Gasteiger partial charge in [-0.05, 0) is 6.42 Å². The minimum atomic E-state index is -0.290. The highest BCUT2D eigenvalue weighted by Gasteiger charge is 1.99. The van der Waals surface area contributed by atoms with Crippen LogP contribution in [-0.2, 0) is 9.63 Å². The molecular weight excluding hydrogens is 262 g/mol. The molecular formula is C15H32ClNO2. The quantitative estimate of drug-likeness (QED) is 0.387. The number of nitrogens with two attached hydrogens (primary N) is 1. The highest BCUT2D eigenvalue weighted by molar-refractivity contribution is 5.85. The Labute approximate surface area is 125 Å². The lowest BCUT2D eigenvalue weighted by molar-refractivity contribution is -0.144. The number of rotatable bonds is 13. The van der Waals surface area contributed by atoms with Crippen molar-refractivity contribution in [2.75, 3.05) is 0 Å². The minimum Gasteiger partial charge on any atom is -0.373 e. The van der Waals surface area contributed by atoms with Crippen molar-refractivity contribution in [2.24, 2.45) is 5.90 Å². The molecule has 0 aromatic heterocycles. The maximum Gasteiger partial charge on any atom is 0.324 e. The summed E-state index contributed by atoms with van der Waals surface area (Å²) in [7, 11) is 0. The third kappa shape index (κ3) is 17.7. The molecule has 0 atom stereocenters. The van der Waals surface area contributed by atoms with Crippen LogP contribution < -0.4 is 5.90 Å². The number of hydrogen-bond donors (Lipinski definition) is 1. The molecule has 0 unspecified atom stereocenters. The Hall–Kier alpha value is -0.280. The zero-order valence-electron chi connectivity index (χ0n) is 12.5. The Bertz CT molecular complexity index is 189. The Morgan fingerprint density at radius 1 is 0.789 bits per heavy atom. The third-order valence-electron chi connectivity index (χ3n) is 3.37. The Balaban J connectivity index is 0. The van der Waals surface area contributed by atoms with E-state index in [9.17, 15) is 4.79 Å². The standard InChI is InChI=1S/C15H31NO2.ClH/c1-2-3-4-5-6-7-8-9-10-11-12-13-14-15(17)18-16;/h2-14,16H2,1H3;1H. The van der Waals surface area contributed by atoms with E-state index in [4.69, 9.17) is 5.90 Å². The molecule has 0 fully saturated rings. The number of halogens is 1. The van der Waals surface area contributed by atoms with Crippen LogP contribution in [0.25, 0.3) is 0 Å². The summed E-state index contributed by atoms with van der Waals surface area (Å²) in [6, 6.07) is 0. The number of unbranched alkanes of at least 4 members (excludes halogenated alkanes) is 11. The molecule has 0 aromatic carbocycles. The summed E-state index contributed by atoms with van der Waals surface area (Å²) < 4.78 is 0. The normalized spacial score (nSPS) is 10.0. The van der Waals surface area contributed by atoms with E-state index in [-0.39, 0.29) is 18.4 Å². The van der Waals surface area contributed by atoms with Crippen molar-refractivity contribution in [1.29, 1.82) is 0 Å². The van der Waals surface area contributed by atoms with Gasteiger partial charge in [-0.25, -0.2) is 0 Å². The molecule has 0 aliphatic heterocycles. The van der Waals surface area contributed by atoms with Gasteiger partial charge in [0.2, 0.25) is 0 Å². The minimum absolute atomic E-state index is 0. The van der Waals surface area contributed by atoms with E-state index in [1.807, 2.05) is 0 Å². The molecule has 0 aliphatic rings. The number of hydrogen-bond acceptors (Lipinski definition) is 3. The number of carbonyl (C=O) groups excluding carboxylic acids is 1. The first-order valence-corrected chi connectivity index (χ1v) is 7.70. The van der Waals surface area contributed by atoms with E-state index in [0.717, 1.165) is 12.8 Å². The highest BCUT2D eigenvalue weighted by atomic mass is 35.5. The van der Waals surface area contributed by atoms with Gasteiger partial charge < -0.3 is 4.84 Å². The average Bonchev–Trinajstić information content (AvgIpc) is 2.39. The second-order valence-corrected chi connectivity index (χ2v) is 5.13. The van der Waals surface area contributed by atoms with Crippen LogP contribution >= 0.6 is 12.4 Å². The smallest absolute Gasteiger partial charge is 0.324 e. The molecule has 0 saturated heterocycles. The van der Waals surface area contributed by atoms with Crippen LogP contribution in [0.2, 0.25) is 0 Å². The van der Waals surface area contributed by atoms with Crippen molar-refractivity contribution in [3.63, 3.8) is 0 Å². The van der Waals surface area contributed by atoms with Gasteiger partial charge in [-0.1, -0.05) is 77.6 Å². The monoisotopic (exact) mass is 293 g/mol. The van der Waals surface area contributed by atoms with Crippen molar-refractivity contribution in [3.05, 3.63) is 0 Å². The Morgan fingerprint density at radius 3 is 1.53 bits per heavy atom. The van der Waals surface area contributed by atoms with Gasteiger partial charge in [0.1, 0.15) is 0 Å². The van der Waals surface area contributed by atoms with E-state index in [1.165, 1.54) is 64.2 Å². The summed E-state index contributed by atoms with van der Waals surface area (Å²) in [5, 5.41) is 0. The molecule has 0 saturated carbocycles. The van der Waals surface area contributed by atoms with Gasteiger partial charge in [0, 0.05) is 6.42 Å². The number of carbonyl (C=O) groups is 1. The predicted octanol–water partition coefficient (Wildman–Crippen LogP) is 4.92. The SMILES string of the molecule is CCCCCCCCCCCCCCC(=O)ON.Cl. The summed E-state index contributed by atoms with van der Waals surface area (Å²) >= 11 is 0. The molecule has 3 nitrogen and oxygen atoms in total. The zero-order chi connectivity index (χ0) is 13.5. The van der Waals surface area contributed by atoms with Gasteiger partial charge in [0.05, 0.1) is 0 Å². The summed E-state index contributed by atoms with van der Waals surface area (Å²) in [6.45, 7) is 2.26. The van der Waals surface area contributed by atoms with Crippen LogP contribution in [0.5, 0.6) is 0 Å². The lowest BCUT2D eigenvalue weighted by atomic mass is 10.0. The fourth-order valence-electron chi connectivity index (χ4n) is 2.17. The molecule has 0 rings (SSSR count). The molecule has 2 N–H and O–H groups in total. The second kappa shape index (κ2) is 17.7. The molecule has 0 aliphatic carbocycles. The molecule has 0 bridgehead atoms. The van der Waals surface area contributed by atoms with Crippen molar-refractivity contribution in [1.82, 2.24) is 0 Å². The highest BCUT2D eigenvalue weighted by Crippen LogP contribution is 2.12. The molecule has 0 spiro atoms. The Morgan fingerprint density at radius 2 is 1.16 bits per heavy atom. The summed E-state index contributed by atoms with van der Waals surface area (Å²) in [4.78, 5) is 14.9. The fourth-order valence-corrected chi connectivity index (χ4v) is 2.17. The molecule has 0 amide bonds.